The van der Waals surface area contributed by atoms with Gasteiger partial charge in [-0.15, -0.1) is 6.54 Å². The zero-order chi connectivity index (χ0) is 10.8. The Morgan fingerprint density at radius 1 is 1.19 bits per heavy atom. The number of rotatable bonds is 3. The van der Waals surface area contributed by atoms with Crippen LogP contribution in [-0.2, 0) is 17.1 Å². The number of aliphatic hydroxyl groups is 1. The van der Waals surface area contributed by atoms with E-state index in [4.69, 9.17) is 5.11 Å². The molecule has 0 unspecified atom stereocenters. The molecule has 86 valence electrons. The molecule has 0 radical (unpaired) electrons. The van der Waals surface area contributed by atoms with Crippen LogP contribution in [0, 0.1) is 0 Å². The van der Waals surface area contributed by atoms with Crippen LogP contribution < -0.4 is 0 Å². The molecule has 1 aliphatic rings. The Balaban J connectivity index is 0.000000318. The number of allylic oxidation sites excluding steroid dienone is 5. The van der Waals surface area contributed by atoms with Crippen molar-refractivity contribution in [2.45, 2.75) is 0 Å². The molecule has 0 saturated heterocycles. The Kier molecular flexibility index (Phi) is 9.62. The minimum absolute atomic E-state index is 0. The average Bonchev–Trinajstić information content (AvgIpc) is 2.94. The standard InChI is InChI=1S/C8H10NO.C5H5.Fe/c10-6-5-9-7-8-3-1-2-4-8;1-2-4-5-3-1;/h1-4,7,10H,5-6H2;1-5H;/q2*-1;+2. The Labute approximate surface area is 107 Å². The first-order valence-electron chi connectivity index (χ1n) is 4.92. The smallest absolute Gasteiger partial charge is 0.688 e. The topological polar surface area (TPSA) is 34.3 Å². The van der Waals surface area contributed by atoms with Crippen molar-refractivity contribution in [1.29, 1.82) is 0 Å². The minimum Gasteiger partial charge on any atom is -0.688 e. The monoisotopic (exact) mass is 257 g/mol. The largest absolute Gasteiger partial charge is 2.00 e. The Morgan fingerprint density at radius 2 is 1.81 bits per heavy atom. The van der Waals surface area contributed by atoms with Gasteiger partial charge in [-0.25, -0.2) is 12.1 Å². The molecule has 0 bridgehead atoms. The summed E-state index contributed by atoms with van der Waals surface area (Å²) >= 11 is 0. The number of hydrogen-bond acceptors (Lipinski definition) is 1. The summed E-state index contributed by atoms with van der Waals surface area (Å²) in [5, 5.41) is 12.3. The molecule has 16 heavy (non-hydrogen) atoms. The van der Waals surface area contributed by atoms with Crippen LogP contribution in [0.1, 0.15) is 0 Å². The van der Waals surface area contributed by atoms with E-state index in [2.05, 4.69) is 5.32 Å². The molecule has 3 heteroatoms. The second kappa shape index (κ2) is 10.4. The van der Waals surface area contributed by atoms with E-state index in [1.165, 1.54) is 0 Å². The minimum atomic E-state index is 0. The van der Waals surface area contributed by atoms with E-state index in [0.717, 1.165) is 5.57 Å². The van der Waals surface area contributed by atoms with Crippen molar-refractivity contribution in [2.75, 3.05) is 13.2 Å². The van der Waals surface area contributed by atoms with Crippen LogP contribution in [0.25, 0.3) is 5.32 Å². The molecule has 1 aromatic carbocycles. The van der Waals surface area contributed by atoms with Gasteiger partial charge in [0.15, 0.2) is 0 Å². The van der Waals surface area contributed by atoms with Gasteiger partial charge < -0.3 is 10.4 Å². The second-order valence-corrected chi connectivity index (χ2v) is 2.94. The fraction of sp³-hybridized carbons (Fsp3) is 0.154. The number of aliphatic hydroxyl groups excluding tert-OH is 1. The van der Waals surface area contributed by atoms with E-state index < -0.39 is 0 Å². The number of nitrogens with zero attached hydrogens (tertiary/aromatic N) is 1. The van der Waals surface area contributed by atoms with Gasteiger partial charge in [-0.2, -0.15) is 24.4 Å². The van der Waals surface area contributed by atoms with E-state index >= 15 is 0 Å². The zero-order valence-corrected chi connectivity index (χ0v) is 10.0. The Morgan fingerprint density at radius 3 is 2.25 bits per heavy atom. The van der Waals surface area contributed by atoms with Gasteiger partial charge in [0.25, 0.3) is 0 Å². The van der Waals surface area contributed by atoms with E-state index in [-0.39, 0.29) is 23.7 Å². The quantitative estimate of drug-likeness (QED) is 0.504. The molecule has 0 heterocycles. The third-order valence-electron chi connectivity index (χ3n) is 1.71. The fourth-order valence-electron chi connectivity index (χ4n) is 1.02. The fourth-order valence-corrected chi connectivity index (χ4v) is 1.02. The van der Waals surface area contributed by atoms with E-state index in [1.54, 1.807) is 6.20 Å². The molecular weight excluding hydrogens is 242 g/mol. The molecule has 0 atom stereocenters. The molecule has 0 saturated carbocycles. The maximum atomic E-state index is 8.38. The first-order chi connectivity index (χ1) is 7.43. The van der Waals surface area contributed by atoms with Gasteiger partial charge in [0, 0.05) is 6.61 Å². The summed E-state index contributed by atoms with van der Waals surface area (Å²) in [6, 6.07) is 10.0. The van der Waals surface area contributed by atoms with Crippen LogP contribution in [-0.4, -0.2) is 18.3 Å². The summed E-state index contributed by atoms with van der Waals surface area (Å²) in [7, 11) is 0. The van der Waals surface area contributed by atoms with Crippen molar-refractivity contribution >= 4 is 0 Å². The van der Waals surface area contributed by atoms with Crippen LogP contribution in [0.2, 0.25) is 0 Å². The molecule has 2 rings (SSSR count). The normalized spacial score (nSPS) is 11.4. The second-order valence-electron chi connectivity index (χ2n) is 2.94. The summed E-state index contributed by atoms with van der Waals surface area (Å²) < 4.78 is 0. The Bertz CT molecular complexity index is 294. The van der Waals surface area contributed by atoms with Crippen molar-refractivity contribution in [1.82, 2.24) is 0 Å². The summed E-state index contributed by atoms with van der Waals surface area (Å²) in [5.41, 5.74) is 1.09. The zero-order valence-electron chi connectivity index (χ0n) is 8.94. The first-order valence-corrected chi connectivity index (χ1v) is 4.92. The molecule has 0 aliphatic heterocycles. The van der Waals surface area contributed by atoms with Gasteiger partial charge in [-0.05, 0) is 5.57 Å². The third-order valence-corrected chi connectivity index (χ3v) is 1.71. The van der Waals surface area contributed by atoms with Crippen LogP contribution in [0.5, 0.6) is 0 Å². The molecule has 2 nitrogen and oxygen atoms in total. The summed E-state index contributed by atoms with van der Waals surface area (Å²) in [6.07, 6.45) is 9.62. The van der Waals surface area contributed by atoms with Gasteiger partial charge in [-0.3, -0.25) is 0 Å². The van der Waals surface area contributed by atoms with Gasteiger partial charge >= 0.3 is 17.1 Å². The predicted molar refractivity (Wildman–Crippen MR) is 63.7 cm³/mol. The van der Waals surface area contributed by atoms with Crippen molar-refractivity contribution in [3.8, 4) is 0 Å². The van der Waals surface area contributed by atoms with Crippen LogP contribution in [0.4, 0.5) is 0 Å². The van der Waals surface area contributed by atoms with Gasteiger partial charge in [-0.1, -0.05) is 24.3 Å². The molecule has 1 aromatic rings. The van der Waals surface area contributed by atoms with Crippen molar-refractivity contribution < 1.29 is 22.2 Å². The maximum Gasteiger partial charge on any atom is 2.00 e. The predicted octanol–water partition coefficient (Wildman–Crippen LogP) is 2.77. The van der Waals surface area contributed by atoms with Crippen molar-refractivity contribution in [3.63, 3.8) is 0 Å². The Hall–Kier alpha value is -1.15. The molecule has 0 aromatic heterocycles. The maximum absolute atomic E-state index is 8.38. The van der Waals surface area contributed by atoms with Crippen molar-refractivity contribution in [3.05, 3.63) is 71.7 Å². The first kappa shape index (κ1) is 14.8. The van der Waals surface area contributed by atoms with Crippen LogP contribution in [0.15, 0.2) is 66.4 Å². The van der Waals surface area contributed by atoms with E-state index in [0.29, 0.717) is 6.54 Å². The molecule has 0 amide bonds. The SMILES string of the molecule is OCC[N-]C=C1C=CC=C1.[Fe+2].c1cc[cH-]c1. The van der Waals surface area contributed by atoms with Crippen LogP contribution >= 0.6 is 0 Å². The summed E-state index contributed by atoms with van der Waals surface area (Å²) in [4.78, 5) is 0. The summed E-state index contributed by atoms with van der Waals surface area (Å²) in [5.74, 6) is 0. The molecule has 1 aliphatic carbocycles. The van der Waals surface area contributed by atoms with Crippen molar-refractivity contribution in [2.24, 2.45) is 0 Å². The average molecular weight is 257 g/mol. The molecule has 1 N–H and O–H groups in total. The summed E-state index contributed by atoms with van der Waals surface area (Å²) in [6.45, 7) is 0.613. The van der Waals surface area contributed by atoms with E-state index in [1.807, 2.05) is 54.6 Å². The van der Waals surface area contributed by atoms with Gasteiger partial charge in [0.1, 0.15) is 0 Å². The van der Waals surface area contributed by atoms with E-state index in [9.17, 15) is 0 Å². The van der Waals surface area contributed by atoms with Gasteiger partial charge in [0.2, 0.25) is 0 Å². The van der Waals surface area contributed by atoms with Gasteiger partial charge in [0.05, 0.1) is 0 Å². The molecular formula is C13H15FeNO. The molecule has 0 fully saturated rings. The van der Waals surface area contributed by atoms with Crippen LogP contribution in [0.3, 0.4) is 0 Å². The molecule has 0 spiro atoms. The number of hydrogen-bond donors (Lipinski definition) is 1. The third kappa shape index (κ3) is 7.18.